The Balaban J connectivity index is 2.08. The minimum absolute atomic E-state index is 0.102. The van der Waals surface area contributed by atoms with Crippen LogP contribution < -0.4 is 11.1 Å². The Morgan fingerprint density at radius 2 is 1.94 bits per heavy atom. The minimum atomic E-state index is -0.417. The van der Waals surface area contributed by atoms with Crippen LogP contribution in [0.25, 0.3) is 0 Å². The number of nitrogens with two attached hydrogens (primary N) is 1. The molecule has 1 amide bonds. The van der Waals surface area contributed by atoms with Crippen molar-refractivity contribution in [2.24, 2.45) is 5.73 Å². The summed E-state index contributed by atoms with van der Waals surface area (Å²) >= 11 is 0. The number of carbonyl (C=O) groups excluding carboxylic acids is 1. The lowest BCUT2D eigenvalue weighted by atomic mass is 10.1. The fourth-order valence-corrected chi connectivity index (χ4v) is 1.69. The quantitative estimate of drug-likeness (QED) is 0.863. The maximum absolute atomic E-state index is 10.9. The number of nitrogens with zero attached hydrogens (tertiary/aromatic N) is 1. The van der Waals surface area contributed by atoms with Gasteiger partial charge in [0.25, 0.3) is 0 Å². The zero-order chi connectivity index (χ0) is 13.0. The summed E-state index contributed by atoms with van der Waals surface area (Å²) in [5.74, 6) is -0.417. The molecule has 92 valence electrons. The number of aromatic nitrogens is 1. The highest BCUT2D eigenvalue weighted by Gasteiger charge is 2.06. The Hall–Kier alpha value is -2.36. The number of amides is 1. The Labute approximate surface area is 106 Å². The maximum Gasteiger partial charge on any atom is 0.248 e. The lowest BCUT2D eigenvalue weighted by Gasteiger charge is -2.14. The predicted molar refractivity (Wildman–Crippen MR) is 71.2 cm³/mol. The molecule has 0 saturated heterocycles. The lowest BCUT2D eigenvalue weighted by molar-refractivity contribution is 0.100. The second-order valence-electron chi connectivity index (χ2n) is 4.06. The van der Waals surface area contributed by atoms with Crippen LogP contribution in [0.2, 0.25) is 0 Å². The van der Waals surface area contributed by atoms with E-state index in [-0.39, 0.29) is 6.04 Å². The topological polar surface area (TPSA) is 68.0 Å². The summed E-state index contributed by atoms with van der Waals surface area (Å²) in [6, 6.07) is 13.0. The number of nitrogens with one attached hydrogen (secondary N) is 1. The molecule has 2 aromatic rings. The largest absolute Gasteiger partial charge is 0.377 e. The molecule has 4 heteroatoms. The number of rotatable bonds is 4. The van der Waals surface area contributed by atoms with Crippen molar-refractivity contribution in [3.05, 3.63) is 59.9 Å². The average molecular weight is 241 g/mol. The van der Waals surface area contributed by atoms with Gasteiger partial charge in [0.05, 0.1) is 11.7 Å². The van der Waals surface area contributed by atoms with E-state index in [1.807, 2.05) is 37.3 Å². The van der Waals surface area contributed by atoms with Gasteiger partial charge in [0.15, 0.2) is 0 Å². The van der Waals surface area contributed by atoms with Gasteiger partial charge < -0.3 is 11.1 Å². The van der Waals surface area contributed by atoms with E-state index in [9.17, 15) is 4.79 Å². The molecule has 0 aliphatic carbocycles. The van der Waals surface area contributed by atoms with E-state index in [4.69, 9.17) is 5.73 Å². The van der Waals surface area contributed by atoms with Gasteiger partial charge in [-0.2, -0.15) is 0 Å². The molecule has 3 N–H and O–H groups in total. The van der Waals surface area contributed by atoms with E-state index in [1.165, 1.54) is 0 Å². The van der Waals surface area contributed by atoms with E-state index in [0.717, 1.165) is 11.4 Å². The van der Waals surface area contributed by atoms with Gasteiger partial charge in [-0.05, 0) is 43.3 Å². The molecule has 0 aliphatic heterocycles. The van der Waals surface area contributed by atoms with E-state index < -0.39 is 5.91 Å². The van der Waals surface area contributed by atoms with Crippen molar-refractivity contribution in [3.8, 4) is 0 Å². The number of carbonyl (C=O) groups is 1. The van der Waals surface area contributed by atoms with Crippen molar-refractivity contribution >= 4 is 11.6 Å². The molecule has 0 radical (unpaired) electrons. The first kappa shape index (κ1) is 12.1. The first-order valence-corrected chi connectivity index (χ1v) is 5.74. The molecule has 0 saturated carbocycles. The van der Waals surface area contributed by atoms with Gasteiger partial charge in [0.2, 0.25) is 5.91 Å². The van der Waals surface area contributed by atoms with Crippen LogP contribution in [0.15, 0.2) is 48.7 Å². The smallest absolute Gasteiger partial charge is 0.248 e. The van der Waals surface area contributed by atoms with E-state index in [0.29, 0.717) is 5.56 Å². The Kier molecular flexibility index (Phi) is 3.57. The lowest BCUT2D eigenvalue weighted by Crippen LogP contribution is -2.11. The molecular weight excluding hydrogens is 226 g/mol. The normalized spacial score (nSPS) is 11.8. The Morgan fingerprint density at radius 3 is 2.50 bits per heavy atom. The second-order valence-corrected chi connectivity index (χ2v) is 4.06. The fourth-order valence-electron chi connectivity index (χ4n) is 1.69. The van der Waals surface area contributed by atoms with Gasteiger partial charge in [-0.15, -0.1) is 0 Å². The molecule has 18 heavy (non-hydrogen) atoms. The monoisotopic (exact) mass is 241 g/mol. The van der Waals surface area contributed by atoms with Crippen LogP contribution in [-0.2, 0) is 0 Å². The first-order chi connectivity index (χ1) is 8.66. The molecule has 1 atom stereocenters. The molecule has 2 rings (SSSR count). The highest BCUT2D eigenvalue weighted by atomic mass is 16.1. The van der Waals surface area contributed by atoms with Gasteiger partial charge in [0.1, 0.15) is 0 Å². The van der Waals surface area contributed by atoms with Crippen LogP contribution in [0, 0.1) is 0 Å². The molecule has 1 unspecified atom stereocenters. The summed E-state index contributed by atoms with van der Waals surface area (Å²) in [4.78, 5) is 15.2. The molecular formula is C14H15N3O. The number of hydrogen-bond acceptors (Lipinski definition) is 3. The average Bonchev–Trinajstić information content (AvgIpc) is 2.40. The van der Waals surface area contributed by atoms with Gasteiger partial charge in [-0.25, -0.2) is 0 Å². The molecule has 0 spiro atoms. The summed E-state index contributed by atoms with van der Waals surface area (Å²) in [6.07, 6.45) is 1.77. The SMILES string of the molecule is CC(Nc1ccc(C(N)=O)cc1)c1ccccn1. The van der Waals surface area contributed by atoms with Crippen molar-refractivity contribution < 1.29 is 4.79 Å². The Bertz CT molecular complexity index is 522. The second kappa shape index (κ2) is 5.31. The first-order valence-electron chi connectivity index (χ1n) is 5.74. The van der Waals surface area contributed by atoms with Crippen LogP contribution >= 0.6 is 0 Å². The molecule has 1 aromatic heterocycles. The molecule has 0 aliphatic rings. The van der Waals surface area contributed by atoms with Crippen LogP contribution in [0.4, 0.5) is 5.69 Å². The van der Waals surface area contributed by atoms with E-state index in [2.05, 4.69) is 10.3 Å². The number of hydrogen-bond donors (Lipinski definition) is 2. The van der Waals surface area contributed by atoms with Crippen molar-refractivity contribution in [3.63, 3.8) is 0 Å². The van der Waals surface area contributed by atoms with Crippen LogP contribution in [0.1, 0.15) is 29.0 Å². The highest BCUT2D eigenvalue weighted by molar-refractivity contribution is 5.93. The fraction of sp³-hybridized carbons (Fsp3) is 0.143. The molecule has 4 nitrogen and oxygen atoms in total. The minimum Gasteiger partial charge on any atom is -0.377 e. The number of pyridine rings is 1. The molecule has 1 aromatic carbocycles. The van der Waals surface area contributed by atoms with Crippen LogP contribution in [-0.4, -0.2) is 10.9 Å². The molecule has 0 bridgehead atoms. The van der Waals surface area contributed by atoms with Crippen molar-refractivity contribution in [2.45, 2.75) is 13.0 Å². The zero-order valence-electron chi connectivity index (χ0n) is 10.1. The summed E-state index contributed by atoms with van der Waals surface area (Å²) in [6.45, 7) is 2.03. The highest BCUT2D eigenvalue weighted by Crippen LogP contribution is 2.17. The third-order valence-corrected chi connectivity index (χ3v) is 2.68. The number of benzene rings is 1. The zero-order valence-corrected chi connectivity index (χ0v) is 10.1. The van der Waals surface area contributed by atoms with E-state index >= 15 is 0 Å². The molecule has 0 fully saturated rings. The summed E-state index contributed by atoms with van der Waals surface area (Å²) in [7, 11) is 0. The van der Waals surface area contributed by atoms with Gasteiger partial charge >= 0.3 is 0 Å². The Morgan fingerprint density at radius 1 is 1.22 bits per heavy atom. The number of anilines is 1. The molecule has 1 heterocycles. The third-order valence-electron chi connectivity index (χ3n) is 2.68. The van der Waals surface area contributed by atoms with Crippen LogP contribution in [0.5, 0.6) is 0 Å². The van der Waals surface area contributed by atoms with E-state index in [1.54, 1.807) is 18.3 Å². The van der Waals surface area contributed by atoms with Crippen molar-refractivity contribution in [1.29, 1.82) is 0 Å². The maximum atomic E-state index is 10.9. The summed E-state index contributed by atoms with van der Waals surface area (Å²) in [5, 5.41) is 3.31. The summed E-state index contributed by atoms with van der Waals surface area (Å²) < 4.78 is 0. The summed E-state index contributed by atoms with van der Waals surface area (Å²) in [5.41, 5.74) is 7.59. The van der Waals surface area contributed by atoms with Gasteiger partial charge in [-0.3, -0.25) is 9.78 Å². The van der Waals surface area contributed by atoms with Gasteiger partial charge in [-0.1, -0.05) is 6.07 Å². The van der Waals surface area contributed by atoms with Gasteiger partial charge in [0, 0.05) is 17.4 Å². The number of primary amides is 1. The van der Waals surface area contributed by atoms with Crippen LogP contribution in [0.3, 0.4) is 0 Å². The standard InChI is InChI=1S/C14H15N3O/c1-10(13-4-2-3-9-16-13)17-12-7-5-11(6-8-12)14(15)18/h2-10,17H,1H3,(H2,15,18). The van der Waals surface area contributed by atoms with Crippen molar-refractivity contribution in [1.82, 2.24) is 4.98 Å². The van der Waals surface area contributed by atoms with Crippen molar-refractivity contribution in [2.75, 3.05) is 5.32 Å². The predicted octanol–water partition coefficient (Wildman–Crippen LogP) is 2.35. The third kappa shape index (κ3) is 2.85.